The molecule has 1 heterocycles. The molecule has 1 saturated carbocycles. The fourth-order valence-electron chi connectivity index (χ4n) is 3.05. The van der Waals surface area contributed by atoms with E-state index in [2.05, 4.69) is 25.8 Å². The molecule has 112 valence electrons. The highest BCUT2D eigenvalue weighted by molar-refractivity contribution is 7.13. The van der Waals surface area contributed by atoms with E-state index < -0.39 is 5.97 Å². The van der Waals surface area contributed by atoms with Crippen LogP contribution < -0.4 is 0 Å². The Morgan fingerprint density at radius 3 is 2.50 bits per heavy atom. The van der Waals surface area contributed by atoms with E-state index in [4.69, 9.17) is 0 Å². The van der Waals surface area contributed by atoms with E-state index >= 15 is 0 Å². The van der Waals surface area contributed by atoms with E-state index in [9.17, 15) is 9.90 Å². The molecule has 4 heteroatoms. The summed E-state index contributed by atoms with van der Waals surface area (Å²) in [5.74, 6) is 0.979. The normalized spacial score (nSPS) is 23.2. The molecular weight excluding hydrogens is 270 g/mol. The molecule has 2 rings (SSSR count). The van der Waals surface area contributed by atoms with Crippen molar-refractivity contribution in [3.05, 3.63) is 15.6 Å². The molecule has 3 nitrogen and oxygen atoms in total. The largest absolute Gasteiger partial charge is 0.477 e. The van der Waals surface area contributed by atoms with Crippen molar-refractivity contribution in [3.8, 4) is 0 Å². The topological polar surface area (TPSA) is 50.2 Å². The number of nitrogens with zero attached hydrogens (tertiary/aromatic N) is 1. The molecule has 0 spiro atoms. The van der Waals surface area contributed by atoms with Crippen molar-refractivity contribution < 1.29 is 9.90 Å². The molecule has 0 saturated heterocycles. The second-order valence-corrected chi connectivity index (χ2v) is 7.39. The van der Waals surface area contributed by atoms with Gasteiger partial charge in [0.1, 0.15) is 4.88 Å². The van der Waals surface area contributed by atoms with Crippen molar-refractivity contribution in [1.29, 1.82) is 0 Å². The Morgan fingerprint density at radius 2 is 2.00 bits per heavy atom. The molecule has 0 aliphatic heterocycles. The van der Waals surface area contributed by atoms with Gasteiger partial charge in [-0.05, 0) is 43.9 Å². The third-order valence-corrected chi connectivity index (χ3v) is 5.53. The van der Waals surface area contributed by atoms with Gasteiger partial charge in [-0.1, -0.05) is 27.2 Å². The van der Waals surface area contributed by atoms with Gasteiger partial charge in [-0.2, -0.15) is 0 Å². The average Bonchev–Trinajstić information content (AvgIpc) is 2.82. The minimum absolute atomic E-state index is 0.443. The van der Waals surface area contributed by atoms with Crippen LogP contribution in [0, 0.1) is 11.8 Å². The zero-order chi connectivity index (χ0) is 14.7. The maximum absolute atomic E-state index is 11.4. The molecule has 0 amide bonds. The molecule has 1 aromatic rings. The van der Waals surface area contributed by atoms with Crippen LogP contribution in [0.3, 0.4) is 0 Å². The molecule has 0 atom stereocenters. The number of thiazole rings is 1. The maximum atomic E-state index is 11.4. The van der Waals surface area contributed by atoms with Crippen molar-refractivity contribution in [1.82, 2.24) is 4.98 Å². The van der Waals surface area contributed by atoms with Gasteiger partial charge in [0.05, 0.1) is 10.7 Å². The average molecular weight is 295 g/mol. The molecule has 0 radical (unpaired) electrons. The first-order chi connectivity index (χ1) is 9.51. The van der Waals surface area contributed by atoms with Gasteiger partial charge in [0.25, 0.3) is 0 Å². The van der Waals surface area contributed by atoms with Gasteiger partial charge < -0.3 is 5.11 Å². The van der Waals surface area contributed by atoms with E-state index in [0.717, 1.165) is 23.0 Å². The lowest BCUT2D eigenvalue weighted by Gasteiger charge is -2.26. The molecule has 0 bridgehead atoms. The Bertz CT molecular complexity index is 459. The highest BCUT2D eigenvalue weighted by atomic mass is 32.1. The van der Waals surface area contributed by atoms with Crippen LogP contribution in [-0.2, 0) is 6.42 Å². The summed E-state index contributed by atoms with van der Waals surface area (Å²) in [6.45, 7) is 6.48. The Kier molecular flexibility index (Phi) is 5.19. The van der Waals surface area contributed by atoms with Crippen LogP contribution >= 0.6 is 11.3 Å². The third kappa shape index (κ3) is 3.60. The van der Waals surface area contributed by atoms with Crippen LogP contribution in [-0.4, -0.2) is 16.1 Å². The number of aromatic carboxylic acids is 1. The number of carbonyl (C=O) groups is 1. The zero-order valence-corrected chi connectivity index (χ0v) is 13.5. The minimum atomic E-state index is -0.813. The number of carboxylic acids is 1. The highest BCUT2D eigenvalue weighted by Crippen LogP contribution is 2.39. The summed E-state index contributed by atoms with van der Waals surface area (Å²) in [5, 5.41) is 10.4. The first-order valence-corrected chi connectivity index (χ1v) is 8.55. The van der Waals surface area contributed by atoms with Crippen molar-refractivity contribution in [3.63, 3.8) is 0 Å². The quantitative estimate of drug-likeness (QED) is 0.854. The predicted molar refractivity (Wildman–Crippen MR) is 82.6 cm³/mol. The van der Waals surface area contributed by atoms with E-state index in [1.165, 1.54) is 43.4 Å². The van der Waals surface area contributed by atoms with Crippen molar-refractivity contribution >= 4 is 17.3 Å². The van der Waals surface area contributed by atoms with Crippen LogP contribution in [0.25, 0.3) is 0 Å². The van der Waals surface area contributed by atoms with E-state index in [-0.39, 0.29) is 0 Å². The second-order valence-electron chi connectivity index (χ2n) is 6.36. The number of rotatable bonds is 5. The van der Waals surface area contributed by atoms with Crippen molar-refractivity contribution in [2.75, 3.05) is 0 Å². The summed E-state index contributed by atoms with van der Waals surface area (Å²) >= 11 is 1.41. The van der Waals surface area contributed by atoms with E-state index in [1.807, 2.05) is 0 Å². The SMILES string of the molecule is CCC1CCC(c2nc(CC(C)C)c(C(=O)O)s2)CC1. The Hall–Kier alpha value is -0.900. The lowest BCUT2D eigenvalue weighted by atomic mass is 9.81. The van der Waals surface area contributed by atoms with Crippen LogP contribution in [0.5, 0.6) is 0 Å². The monoisotopic (exact) mass is 295 g/mol. The molecule has 1 fully saturated rings. The van der Waals surface area contributed by atoms with E-state index in [1.54, 1.807) is 0 Å². The van der Waals surface area contributed by atoms with Crippen LogP contribution in [0.1, 0.15) is 79.2 Å². The summed E-state index contributed by atoms with van der Waals surface area (Å²) in [5.41, 5.74) is 0.796. The van der Waals surface area contributed by atoms with Crippen LogP contribution in [0.2, 0.25) is 0 Å². The molecule has 1 aromatic heterocycles. The summed E-state index contributed by atoms with van der Waals surface area (Å²) in [6.07, 6.45) is 6.91. The predicted octanol–water partition coefficient (Wildman–Crippen LogP) is 4.72. The van der Waals surface area contributed by atoms with Gasteiger partial charge in [0.2, 0.25) is 0 Å². The summed E-state index contributed by atoms with van der Waals surface area (Å²) in [6, 6.07) is 0. The second kappa shape index (κ2) is 6.70. The molecule has 1 aliphatic rings. The lowest BCUT2D eigenvalue weighted by Crippen LogP contribution is -2.12. The van der Waals surface area contributed by atoms with Gasteiger partial charge in [-0.3, -0.25) is 0 Å². The number of hydrogen-bond acceptors (Lipinski definition) is 3. The summed E-state index contributed by atoms with van der Waals surface area (Å²) in [7, 11) is 0. The molecule has 0 aromatic carbocycles. The standard InChI is InChI=1S/C16H25NO2S/c1-4-11-5-7-12(8-6-11)15-17-13(9-10(2)3)14(20-15)16(18)19/h10-12H,4-9H2,1-3H3,(H,18,19). The van der Waals surface area contributed by atoms with Gasteiger partial charge >= 0.3 is 5.97 Å². The van der Waals surface area contributed by atoms with Crippen molar-refractivity contribution in [2.45, 2.75) is 65.2 Å². The fourth-order valence-corrected chi connectivity index (χ4v) is 4.16. The van der Waals surface area contributed by atoms with Gasteiger partial charge in [-0.15, -0.1) is 11.3 Å². The number of aromatic nitrogens is 1. The molecule has 1 N–H and O–H groups in total. The number of carboxylic acid groups (broad SMARTS) is 1. The van der Waals surface area contributed by atoms with Gasteiger partial charge in [-0.25, -0.2) is 9.78 Å². The summed E-state index contributed by atoms with van der Waals surface area (Å²) in [4.78, 5) is 16.5. The summed E-state index contributed by atoms with van der Waals surface area (Å²) < 4.78 is 0. The Balaban J connectivity index is 2.14. The highest BCUT2D eigenvalue weighted by Gasteiger charge is 2.26. The fraction of sp³-hybridized carbons (Fsp3) is 0.750. The molecule has 0 unspecified atom stereocenters. The van der Waals surface area contributed by atoms with Crippen LogP contribution in [0.4, 0.5) is 0 Å². The molecular formula is C16H25NO2S. The Morgan fingerprint density at radius 1 is 1.35 bits per heavy atom. The third-order valence-electron chi connectivity index (χ3n) is 4.28. The smallest absolute Gasteiger partial charge is 0.347 e. The van der Waals surface area contributed by atoms with Crippen molar-refractivity contribution in [2.24, 2.45) is 11.8 Å². The Labute approximate surface area is 125 Å². The number of hydrogen-bond donors (Lipinski definition) is 1. The maximum Gasteiger partial charge on any atom is 0.347 e. The van der Waals surface area contributed by atoms with Crippen LogP contribution in [0.15, 0.2) is 0 Å². The van der Waals surface area contributed by atoms with Gasteiger partial charge in [0.15, 0.2) is 0 Å². The minimum Gasteiger partial charge on any atom is -0.477 e. The lowest BCUT2D eigenvalue weighted by molar-refractivity contribution is 0.0700. The zero-order valence-electron chi connectivity index (χ0n) is 12.7. The first-order valence-electron chi connectivity index (χ1n) is 7.74. The van der Waals surface area contributed by atoms with E-state index in [0.29, 0.717) is 16.7 Å². The van der Waals surface area contributed by atoms with Gasteiger partial charge in [0, 0.05) is 5.92 Å². The first kappa shape index (κ1) is 15.5. The molecule has 20 heavy (non-hydrogen) atoms. The molecule has 1 aliphatic carbocycles.